The molecule has 0 aromatic carbocycles. The van der Waals surface area contributed by atoms with Gasteiger partial charge < -0.3 is 4.42 Å². The first-order chi connectivity index (χ1) is 9.03. The number of aromatic nitrogens is 4. The van der Waals surface area contributed by atoms with Crippen molar-refractivity contribution in [2.45, 2.75) is 37.7 Å². The van der Waals surface area contributed by atoms with Gasteiger partial charge in [-0.05, 0) is 13.3 Å². The van der Waals surface area contributed by atoms with Gasteiger partial charge >= 0.3 is 0 Å². The van der Waals surface area contributed by atoms with E-state index >= 15 is 0 Å². The highest BCUT2D eigenvalue weighted by atomic mass is 32.2. The van der Waals surface area contributed by atoms with E-state index in [0.29, 0.717) is 5.71 Å². The fourth-order valence-corrected chi connectivity index (χ4v) is 3.65. The summed E-state index contributed by atoms with van der Waals surface area (Å²) >= 11 is 1.92. The SMILES string of the molecule is Cc1nc2c3c4c(oc3ncn2n1)CSC(C)(C)C4. The van der Waals surface area contributed by atoms with Gasteiger partial charge in [0.1, 0.15) is 17.9 Å². The van der Waals surface area contributed by atoms with Gasteiger partial charge in [0.2, 0.25) is 5.71 Å². The average Bonchev–Trinajstić information content (AvgIpc) is 2.86. The smallest absolute Gasteiger partial charge is 0.231 e. The van der Waals surface area contributed by atoms with E-state index in [1.807, 2.05) is 18.7 Å². The predicted molar refractivity (Wildman–Crippen MR) is 74.4 cm³/mol. The summed E-state index contributed by atoms with van der Waals surface area (Å²) in [6.07, 6.45) is 2.65. The minimum absolute atomic E-state index is 0.228. The Bertz CT molecular complexity index is 802. The summed E-state index contributed by atoms with van der Waals surface area (Å²) in [4.78, 5) is 8.87. The van der Waals surface area contributed by atoms with Crippen LogP contribution in [0.3, 0.4) is 0 Å². The second-order valence-electron chi connectivity index (χ2n) is 5.58. The molecule has 0 amide bonds. The van der Waals surface area contributed by atoms with E-state index in [0.717, 1.165) is 34.8 Å². The van der Waals surface area contributed by atoms with E-state index in [1.54, 1.807) is 10.8 Å². The van der Waals surface area contributed by atoms with Gasteiger partial charge in [-0.2, -0.15) is 5.10 Å². The highest BCUT2D eigenvalue weighted by Gasteiger charge is 2.31. The number of aryl methyl sites for hydroxylation is 1. The summed E-state index contributed by atoms with van der Waals surface area (Å²) in [5.74, 6) is 2.70. The Balaban J connectivity index is 2.10. The molecule has 0 saturated heterocycles. The molecule has 4 heterocycles. The number of nitrogens with zero attached hydrogens (tertiary/aromatic N) is 4. The average molecular weight is 274 g/mol. The lowest BCUT2D eigenvalue weighted by Crippen LogP contribution is -2.22. The van der Waals surface area contributed by atoms with Crippen molar-refractivity contribution in [2.75, 3.05) is 0 Å². The Morgan fingerprint density at radius 1 is 1.42 bits per heavy atom. The zero-order valence-electron chi connectivity index (χ0n) is 11.1. The van der Waals surface area contributed by atoms with Gasteiger partial charge in [0.25, 0.3) is 0 Å². The zero-order valence-corrected chi connectivity index (χ0v) is 11.9. The molecule has 6 heteroatoms. The lowest BCUT2D eigenvalue weighted by molar-refractivity contribution is 0.542. The fraction of sp³-hybridized carbons (Fsp3) is 0.462. The molecule has 3 aromatic rings. The van der Waals surface area contributed by atoms with Gasteiger partial charge in [0.15, 0.2) is 5.65 Å². The van der Waals surface area contributed by atoms with E-state index in [4.69, 9.17) is 4.42 Å². The van der Waals surface area contributed by atoms with Crippen LogP contribution < -0.4 is 0 Å². The van der Waals surface area contributed by atoms with Crippen LogP contribution >= 0.6 is 11.8 Å². The minimum Gasteiger partial charge on any atom is -0.441 e. The lowest BCUT2D eigenvalue weighted by Gasteiger charge is -2.27. The third-order valence-corrected chi connectivity index (χ3v) is 4.85. The molecular weight excluding hydrogens is 260 g/mol. The first-order valence-corrected chi connectivity index (χ1v) is 7.28. The molecule has 0 unspecified atom stereocenters. The molecule has 0 radical (unpaired) electrons. The summed E-state index contributed by atoms with van der Waals surface area (Å²) in [5.41, 5.74) is 2.79. The third-order valence-electron chi connectivity index (χ3n) is 3.51. The maximum absolute atomic E-state index is 5.89. The number of furan rings is 1. The first kappa shape index (κ1) is 11.3. The summed E-state index contributed by atoms with van der Waals surface area (Å²) in [7, 11) is 0. The van der Waals surface area contributed by atoms with Crippen molar-refractivity contribution in [3.05, 3.63) is 23.5 Å². The van der Waals surface area contributed by atoms with Crippen LogP contribution in [-0.2, 0) is 12.2 Å². The number of rotatable bonds is 0. The van der Waals surface area contributed by atoms with Gasteiger partial charge in [-0.25, -0.2) is 14.5 Å². The number of hydrogen-bond acceptors (Lipinski definition) is 5. The van der Waals surface area contributed by atoms with Crippen LogP contribution in [0.25, 0.3) is 16.7 Å². The maximum atomic E-state index is 5.89. The quantitative estimate of drug-likeness (QED) is 0.631. The van der Waals surface area contributed by atoms with Crippen molar-refractivity contribution in [2.24, 2.45) is 0 Å². The lowest BCUT2D eigenvalue weighted by atomic mass is 9.99. The topological polar surface area (TPSA) is 56.2 Å². The molecule has 19 heavy (non-hydrogen) atoms. The standard InChI is InChI=1S/C13H14N4OS/c1-7-15-11-10-8-4-13(2,3)19-5-9(8)18-12(10)14-6-17(11)16-7/h6H,4-5H2,1-3H3. The van der Waals surface area contributed by atoms with Gasteiger partial charge in [-0.3, -0.25) is 0 Å². The first-order valence-electron chi connectivity index (χ1n) is 6.30. The largest absolute Gasteiger partial charge is 0.441 e. The third kappa shape index (κ3) is 1.59. The molecule has 3 aromatic heterocycles. The number of fused-ring (bicyclic) bond motifs is 5. The summed E-state index contributed by atoms with van der Waals surface area (Å²) < 4.78 is 7.85. The molecule has 0 saturated carbocycles. The van der Waals surface area contributed by atoms with Gasteiger partial charge in [-0.1, -0.05) is 13.8 Å². The van der Waals surface area contributed by atoms with Crippen LogP contribution in [0.5, 0.6) is 0 Å². The second kappa shape index (κ2) is 3.50. The molecule has 0 atom stereocenters. The minimum atomic E-state index is 0.228. The van der Waals surface area contributed by atoms with Gasteiger partial charge in [0, 0.05) is 10.3 Å². The Labute approximate surface area is 114 Å². The normalized spacial score (nSPS) is 18.1. The second-order valence-corrected chi connectivity index (χ2v) is 7.26. The number of hydrogen-bond donors (Lipinski definition) is 0. The van der Waals surface area contributed by atoms with Crippen molar-refractivity contribution in [3.8, 4) is 0 Å². The Morgan fingerprint density at radius 3 is 3.11 bits per heavy atom. The van der Waals surface area contributed by atoms with Crippen LogP contribution in [0, 0.1) is 6.92 Å². The van der Waals surface area contributed by atoms with Gasteiger partial charge in [-0.15, -0.1) is 11.8 Å². The van der Waals surface area contributed by atoms with E-state index in [-0.39, 0.29) is 4.75 Å². The fourth-order valence-electron chi connectivity index (χ4n) is 2.65. The van der Waals surface area contributed by atoms with Crippen molar-refractivity contribution in [3.63, 3.8) is 0 Å². The molecule has 1 aliphatic rings. The van der Waals surface area contributed by atoms with Crippen molar-refractivity contribution in [1.82, 2.24) is 19.6 Å². The maximum Gasteiger partial charge on any atom is 0.231 e. The highest BCUT2D eigenvalue weighted by Crippen LogP contribution is 2.42. The molecule has 0 N–H and O–H groups in total. The van der Waals surface area contributed by atoms with Gasteiger partial charge in [0.05, 0.1) is 11.1 Å². The van der Waals surface area contributed by atoms with Crippen LogP contribution in [0.2, 0.25) is 0 Å². The molecule has 1 aliphatic heterocycles. The van der Waals surface area contributed by atoms with Crippen LogP contribution in [0.15, 0.2) is 10.7 Å². The molecule has 4 rings (SSSR count). The zero-order chi connectivity index (χ0) is 13.2. The molecule has 0 bridgehead atoms. The molecule has 0 spiro atoms. The number of thioether (sulfide) groups is 1. The van der Waals surface area contributed by atoms with Crippen LogP contribution in [0.4, 0.5) is 0 Å². The Hall–Kier alpha value is -1.56. The van der Waals surface area contributed by atoms with E-state index in [2.05, 4.69) is 28.9 Å². The van der Waals surface area contributed by atoms with E-state index in [1.165, 1.54) is 5.56 Å². The molecule has 0 fully saturated rings. The molecule has 0 aliphatic carbocycles. The van der Waals surface area contributed by atoms with Crippen LogP contribution in [-0.4, -0.2) is 24.3 Å². The molecular formula is C13H14N4OS. The van der Waals surface area contributed by atoms with Crippen molar-refractivity contribution in [1.29, 1.82) is 0 Å². The summed E-state index contributed by atoms with van der Waals surface area (Å²) in [5, 5.41) is 5.36. The Morgan fingerprint density at radius 2 is 2.26 bits per heavy atom. The molecule has 5 nitrogen and oxygen atoms in total. The monoisotopic (exact) mass is 274 g/mol. The van der Waals surface area contributed by atoms with E-state index in [9.17, 15) is 0 Å². The predicted octanol–water partition coefficient (Wildman–Crippen LogP) is 2.75. The highest BCUT2D eigenvalue weighted by molar-refractivity contribution is 7.99. The summed E-state index contributed by atoms with van der Waals surface area (Å²) in [6.45, 7) is 6.43. The van der Waals surface area contributed by atoms with Crippen LogP contribution in [0.1, 0.15) is 31.0 Å². The van der Waals surface area contributed by atoms with E-state index < -0.39 is 0 Å². The Kier molecular flexibility index (Phi) is 2.08. The van der Waals surface area contributed by atoms with Crippen molar-refractivity contribution >= 4 is 28.5 Å². The van der Waals surface area contributed by atoms with Crippen molar-refractivity contribution < 1.29 is 4.42 Å². The molecule has 98 valence electrons. The summed E-state index contributed by atoms with van der Waals surface area (Å²) in [6, 6.07) is 0.